The van der Waals surface area contributed by atoms with Crippen molar-refractivity contribution in [2.45, 2.75) is 11.1 Å². The van der Waals surface area contributed by atoms with E-state index in [2.05, 4.69) is 15.1 Å². The number of aromatic nitrogens is 4. The fourth-order valence-corrected chi connectivity index (χ4v) is 3.92. The minimum Gasteiger partial charge on any atom is -0.224 e. The number of hydrogen-bond donors (Lipinski definition) is 0. The van der Waals surface area contributed by atoms with Gasteiger partial charge in [0.05, 0.1) is 23.0 Å². The summed E-state index contributed by atoms with van der Waals surface area (Å²) in [7, 11) is -3.63. The van der Waals surface area contributed by atoms with Gasteiger partial charge in [0.25, 0.3) is 5.78 Å². The van der Waals surface area contributed by atoms with Gasteiger partial charge in [-0.3, -0.25) is 0 Å². The molecule has 2 aromatic heterocycles. The van der Waals surface area contributed by atoms with Gasteiger partial charge in [-0.2, -0.15) is 22.8 Å². The molecule has 0 aliphatic rings. The van der Waals surface area contributed by atoms with E-state index in [0.717, 1.165) is 16.8 Å². The van der Waals surface area contributed by atoms with Crippen LogP contribution in [-0.4, -0.2) is 34.3 Å². The van der Waals surface area contributed by atoms with Gasteiger partial charge in [-0.1, -0.05) is 18.2 Å². The molecule has 0 aliphatic heterocycles. The number of hydrogen-bond acceptors (Lipinski definition) is 5. The monoisotopic (exact) mass is 436 g/mol. The zero-order valence-corrected chi connectivity index (χ0v) is 16.0. The minimum atomic E-state index is -4.67. The Morgan fingerprint density at radius 3 is 2.43 bits per heavy atom. The molecule has 2 aromatic carbocycles. The first kappa shape index (κ1) is 20.0. The van der Waals surface area contributed by atoms with Crippen molar-refractivity contribution < 1.29 is 26.0 Å². The average Bonchev–Trinajstić information content (AvgIpc) is 3.10. The number of imidazole rings is 1. The third kappa shape index (κ3) is 3.52. The van der Waals surface area contributed by atoms with Crippen LogP contribution in [0.3, 0.4) is 0 Å². The lowest BCUT2D eigenvalue weighted by atomic mass is 10.0. The highest BCUT2D eigenvalue weighted by Crippen LogP contribution is 2.33. The predicted octanol–water partition coefficient (Wildman–Crippen LogP) is 4.02. The van der Waals surface area contributed by atoms with Crippen LogP contribution in [0.4, 0.5) is 17.6 Å². The van der Waals surface area contributed by atoms with Gasteiger partial charge in [-0.05, 0) is 24.3 Å². The van der Waals surface area contributed by atoms with Crippen molar-refractivity contribution in [2.24, 2.45) is 0 Å². The Labute approximate surface area is 167 Å². The third-order valence-corrected chi connectivity index (χ3v) is 5.52. The SMILES string of the molecule is CS(=O)(=O)c1ccccc1-c1cc(-c2cnc3nc(C(F)(F)F)cnn23)ccc1F. The van der Waals surface area contributed by atoms with Crippen molar-refractivity contribution in [1.82, 2.24) is 19.6 Å². The van der Waals surface area contributed by atoms with Crippen molar-refractivity contribution in [3.8, 4) is 22.4 Å². The van der Waals surface area contributed by atoms with Crippen molar-refractivity contribution in [3.63, 3.8) is 0 Å². The van der Waals surface area contributed by atoms with Gasteiger partial charge in [0, 0.05) is 22.9 Å². The summed E-state index contributed by atoms with van der Waals surface area (Å²) < 4.78 is 78.4. The normalized spacial score (nSPS) is 12.4. The Morgan fingerprint density at radius 2 is 1.73 bits per heavy atom. The molecule has 0 radical (unpaired) electrons. The third-order valence-electron chi connectivity index (χ3n) is 4.37. The van der Waals surface area contributed by atoms with Crippen LogP contribution in [0.1, 0.15) is 5.69 Å². The highest BCUT2D eigenvalue weighted by Gasteiger charge is 2.33. The van der Waals surface area contributed by atoms with Crippen LogP contribution in [-0.2, 0) is 16.0 Å². The number of alkyl halides is 3. The summed E-state index contributed by atoms with van der Waals surface area (Å²) in [4.78, 5) is 7.25. The molecule has 0 bridgehead atoms. The summed E-state index contributed by atoms with van der Waals surface area (Å²) >= 11 is 0. The molecule has 0 unspecified atom stereocenters. The van der Waals surface area contributed by atoms with Gasteiger partial charge >= 0.3 is 6.18 Å². The summed E-state index contributed by atoms with van der Waals surface area (Å²) in [5.74, 6) is -0.934. The van der Waals surface area contributed by atoms with Crippen LogP contribution in [0.2, 0.25) is 0 Å². The smallest absolute Gasteiger partial charge is 0.224 e. The highest BCUT2D eigenvalue weighted by molar-refractivity contribution is 7.90. The van der Waals surface area contributed by atoms with E-state index in [0.29, 0.717) is 11.8 Å². The van der Waals surface area contributed by atoms with Crippen LogP contribution in [0.25, 0.3) is 28.2 Å². The maximum Gasteiger partial charge on any atom is 0.435 e. The van der Waals surface area contributed by atoms with E-state index < -0.39 is 27.5 Å². The first-order valence-electron chi connectivity index (χ1n) is 8.43. The largest absolute Gasteiger partial charge is 0.435 e. The molecule has 0 fully saturated rings. The lowest BCUT2D eigenvalue weighted by Gasteiger charge is -2.11. The Hall–Kier alpha value is -3.34. The molecule has 0 atom stereocenters. The van der Waals surface area contributed by atoms with Crippen LogP contribution in [0.15, 0.2) is 59.8 Å². The maximum absolute atomic E-state index is 14.6. The second kappa shape index (κ2) is 6.87. The zero-order valence-electron chi connectivity index (χ0n) is 15.2. The molecule has 4 aromatic rings. The molecular weight excluding hydrogens is 424 g/mol. The van der Waals surface area contributed by atoms with E-state index in [1.807, 2.05) is 0 Å². The summed E-state index contributed by atoms with van der Waals surface area (Å²) in [6, 6.07) is 9.87. The summed E-state index contributed by atoms with van der Waals surface area (Å²) in [5, 5.41) is 3.75. The Balaban J connectivity index is 1.88. The Kier molecular flexibility index (Phi) is 4.57. The molecule has 0 spiro atoms. The molecule has 4 rings (SSSR count). The number of halogens is 4. The van der Waals surface area contributed by atoms with Crippen LogP contribution >= 0.6 is 0 Å². The van der Waals surface area contributed by atoms with Crippen molar-refractivity contribution in [2.75, 3.05) is 6.26 Å². The van der Waals surface area contributed by atoms with Crippen LogP contribution in [0.5, 0.6) is 0 Å². The molecule has 6 nitrogen and oxygen atoms in total. The maximum atomic E-state index is 14.6. The van der Waals surface area contributed by atoms with Gasteiger partial charge in [-0.15, -0.1) is 0 Å². The zero-order chi connectivity index (χ0) is 21.7. The minimum absolute atomic E-state index is 0.0170. The average molecular weight is 436 g/mol. The summed E-state index contributed by atoms with van der Waals surface area (Å²) in [5.41, 5.74) is -0.364. The summed E-state index contributed by atoms with van der Waals surface area (Å²) in [6.07, 6.45) is -1.82. The Bertz CT molecular complexity index is 1380. The molecule has 30 heavy (non-hydrogen) atoms. The number of fused-ring (bicyclic) bond motifs is 1. The van der Waals surface area contributed by atoms with Crippen molar-refractivity contribution in [1.29, 1.82) is 0 Å². The fourth-order valence-electron chi connectivity index (χ4n) is 3.01. The molecule has 0 saturated carbocycles. The highest BCUT2D eigenvalue weighted by atomic mass is 32.2. The lowest BCUT2D eigenvalue weighted by molar-refractivity contribution is -0.141. The molecule has 0 saturated heterocycles. The van der Waals surface area contributed by atoms with Gasteiger partial charge in [0.1, 0.15) is 5.82 Å². The number of sulfone groups is 1. The Morgan fingerprint density at radius 1 is 1.00 bits per heavy atom. The van der Waals surface area contributed by atoms with Gasteiger partial charge in [-0.25, -0.2) is 22.8 Å². The molecule has 11 heteroatoms. The molecule has 2 heterocycles. The first-order valence-corrected chi connectivity index (χ1v) is 10.3. The molecule has 0 amide bonds. The quantitative estimate of drug-likeness (QED) is 0.454. The fraction of sp³-hybridized carbons (Fsp3) is 0.105. The van der Waals surface area contributed by atoms with E-state index in [9.17, 15) is 26.0 Å². The first-order chi connectivity index (χ1) is 14.1. The van der Waals surface area contributed by atoms with Crippen LogP contribution in [0, 0.1) is 5.82 Å². The standard InChI is InChI=1S/C19H12F4N4O2S/c1-30(28,29)16-5-3-2-4-12(16)13-8-11(6-7-14(13)20)15-9-24-18-26-17(19(21,22)23)10-25-27(15)18/h2-10H,1H3. The predicted molar refractivity (Wildman–Crippen MR) is 99.7 cm³/mol. The van der Waals surface area contributed by atoms with Crippen molar-refractivity contribution in [3.05, 3.63) is 66.4 Å². The van der Waals surface area contributed by atoms with Gasteiger partial charge in [0.15, 0.2) is 15.5 Å². The van der Waals surface area contributed by atoms with Crippen LogP contribution < -0.4 is 0 Å². The second-order valence-electron chi connectivity index (χ2n) is 6.46. The second-order valence-corrected chi connectivity index (χ2v) is 8.44. The van der Waals surface area contributed by atoms with E-state index in [-0.39, 0.29) is 27.5 Å². The van der Waals surface area contributed by atoms with Crippen molar-refractivity contribution >= 4 is 15.6 Å². The van der Waals surface area contributed by atoms with E-state index in [1.165, 1.54) is 36.5 Å². The van der Waals surface area contributed by atoms with E-state index in [4.69, 9.17) is 0 Å². The topological polar surface area (TPSA) is 77.2 Å². The summed E-state index contributed by atoms with van der Waals surface area (Å²) in [6.45, 7) is 0. The number of benzene rings is 2. The molecule has 154 valence electrons. The van der Waals surface area contributed by atoms with E-state index >= 15 is 0 Å². The molecule has 0 N–H and O–H groups in total. The lowest BCUT2D eigenvalue weighted by Crippen LogP contribution is -2.11. The van der Waals surface area contributed by atoms with Gasteiger partial charge < -0.3 is 0 Å². The number of rotatable bonds is 3. The van der Waals surface area contributed by atoms with E-state index in [1.54, 1.807) is 6.07 Å². The van der Waals surface area contributed by atoms with Gasteiger partial charge in [0.2, 0.25) is 0 Å². The molecular formula is C19H12F4N4O2S. The molecule has 0 aliphatic carbocycles. The number of nitrogens with zero attached hydrogens (tertiary/aromatic N) is 4.